The van der Waals surface area contributed by atoms with Crippen molar-refractivity contribution in [1.82, 2.24) is 4.98 Å². The summed E-state index contributed by atoms with van der Waals surface area (Å²) in [7, 11) is -2.92. The van der Waals surface area contributed by atoms with Gasteiger partial charge in [0, 0.05) is 24.8 Å². The van der Waals surface area contributed by atoms with Crippen LogP contribution in [0.4, 0.5) is 5.69 Å². The number of anilines is 1. The summed E-state index contributed by atoms with van der Waals surface area (Å²) < 4.78 is 23.1. The highest BCUT2D eigenvalue weighted by Crippen LogP contribution is 2.21. The van der Waals surface area contributed by atoms with Crippen molar-refractivity contribution in [3.63, 3.8) is 0 Å². The largest absolute Gasteiger partial charge is 0.389 e. The van der Waals surface area contributed by atoms with E-state index in [0.29, 0.717) is 24.5 Å². The summed E-state index contributed by atoms with van der Waals surface area (Å²) in [6, 6.07) is 1.76. The molecule has 0 amide bonds. The van der Waals surface area contributed by atoms with E-state index in [9.17, 15) is 8.42 Å². The van der Waals surface area contributed by atoms with Gasteiger partial charge in [0.05, 0.1) is 23.4 Å². The lowest BCUT2D eigenvalue weighted by molar-refractivity contribution is 0.597. The van der Waals surface area contributed by atoms with Crippen LogP contribution in [0.5, 0.6) is 0 Å². The summed E-state index contributed by atoms with van der Waals surface area (Å²) in [4.78, 5) is 6.36. The minimum Gasteiger partial charge on any atom is -0.389 e. The first-order valence-electron chi connectivity index (χ1n) is 5.69. The summed E-state index contributed by atoms with van der Waals surface area (Å²) in [5, 5.41) is 0. The second-order valence-electron chi connectivity index (χ2n) is 4.25. The van der Waals surface area contributed by atoms with E-state index in [-0.39, 0.29) is 11.5 Å². The number of rotatable bonds is 2. The number of pyridine rings is 1. The van der Waals surface area contributed by atoms with Gasteiger partial charge in [-0.1, -0.05) is 12.2 Å². The van der Waals surface area contributed by atoms with E-state index in [1.165, 1.54) is 0 Å². The van der Waals surface area contributed by atoms with Crippen LogP contribution in [-0.4, -0.2) is 43.0 Å². The molecule has 2 N–H and O–H groups in total. The number of nitrogens with zero attached hydrogens (tertiary/aromatic N) is 2. The fourth-order valence-corrected chi connectivity index (χ4v) is 3.47. The predicted molar refractivity (Wildman–Crippen MR) is 75.6 cm³/mol. The molecule has 7 heteroatoms. The minimum absolute atomic E-state index is 0.165. The molecule has 1 saturated heterocycles. The molecule has 1 aliphatic heterocycles. The van der Waals surface area contributed by atoms with Crippen LogP contribution in [0, 0.1) is 0 Å². The van der Waals surface area contributed by atoms with Gasteiger partial charge in [-0.05, 0) is 12.5 Å². The van der Waals surface area contributed by atoms with Gasteiger partial charge >= 0.3 is 0 Å². The molecule has 1 aromatic rings. The molecule has 1 fully saturated rings. The van der Waals surface area contributed by atoms with Crippen molar-refractivity contribution in [3.8, 4) is 0 Å². The molecule has 0 saturated carbocycles. The first-order valence-corrected chi connectivity index (χ1v) is 7.92. The number of sulfone groups is 1. The van der Waals surface area contributed by atoms with E-state index in [1.54, 1.807) is 18.5 Å². The van der Waals surface area contributed by atoms with Crippen LogP contribution in [0.15, 0.2) is 18.5 Å². The Labute approximate surface area is 112 Å². The minimum atomic E-state index is -2.92. The van der Waals surface area contributed by atoms with E-state index in [2.05, 4.69) is 4.98 Å². The average Bonchev–Trinajstić information content (AvgIpc) is 2.50. The molecule has 18 heavy (non-hydrogen) atoms. The Hall–Kier alpha value is -1.21. The van der Waals surface area contributed by atoms with Gasteiger partial charge in [0.15, 0.2) is 9.84 Å². The van der Waals surface area contributed by atoms with Gasteiger partial charge in [0.2, 0.25) is 0 Å². The molecule has 5 nitrogen and oxygen atoms in total. The van der Waals surface area contributed by atoms with Gasteiger partial charge in [-0.25, -0.2) is 8.42 Å². The summed E-state index contributed by atoms with van der Waals surface area (Å²) >= 11 is 5.00. The highest BCUT2D eigenvalue weighted by Gasteiger charge is 2.21. The number of nitrogens with two attached hydrogens (primary N) is 1. The zero-order valence-electron chi connectivity index (χ0n) is 9.87. The smallest absolute Gasteiger partial charge is 0.152 e. The zero-order valence-corrected chi connectivity index (χ0v) is 11.5. The lowest BCUT2D eigenvalue weighted by Crippen LogP contribution is -2.29. The van der Waals surface area contributed by atoms with Gasteiger partial charge in [0.25, 0.3) is 0 Å². The highest BCUT2D eigenvalue weighted by atomic mass is 32.2. The lowest BCUT2D eigenvalue weighted by Gasteiger charge is -2.23. The zero-order chi connectivity index (χ0) is 13.2. The monoisotopic (exact) mass is 285 g/mol. The van der Waals surface area contributed by atoms with Crippen molar-refractivity contribution in [3.05, 3.63) is 24.0 Å². The summed E-state index contributed by atoms with van der Waals surface area (Å²) in [5.74, 6) is 0.408. The highest BCUT2D eigenvalue weighted by molar-refractivity contribution is 7.91. The SMILES string of the molecule is NC(=S)c1ccncc1N1CCCS(=O)(=O)CC1. The molecule has 0 bridgehead atoms. The van der Waals surface area contributed by atoms with Crippen LogP contribution in [0.1, 0.15) is 12.0 Å². The van der Waals surface area contributed by atoms with Crippen LogP contribution in [0.25, 0.3) is 0 Å². The third-order valence-electron chi connectivity index (χ3n) is 2.96. The molecule has 0 atom stereocenters. The molecule has 2 rings (SSSR count). The van der Waals surface area contributed by atoms with Crippen LogP contribution < -0.4 is 10.6 Å². The van der Waals surface area contributed by atoms with E-state index in [0.717, 1.165) is 11.3 Å². The number of hydrogen-bond acceptors (Lipinski definition) is 5. The van der Waals surface area contributed by atoms with Gasteiger partial charge in [0.1, 0.15) is 4.99 Å². The molecule has 0 radical (unpaired) electrons. The second kappa shape index (κ2) is 5.19. The van der Waals surface area contributed by atoms with Gasteiger partial charge in [-0.3, -0.25) is 4.98 Å². The molecule has 98 valence electrons. The molecular formula is C11H15N3O2S2. The quantitative estimate of drug-likeness (QED) is 0.790. The summed E-state index contributed by atoms with van der Waals surface area (Å²) in [6.07, 6.45) is 3.94. The van der Waals surface area contributed by atoms with Crippen LogP contribution in [0.3, 0.4) is 0 Å². The summed E-state index contributed by atoms with van der Waals surface area (Å²) in [6.45, 7) is 1.14. The van der Waals surface area contributed by atoms with Crippen molar-refractivity contribution in [1.29, 1.82) is 0 Å². The maximum absolute atomic E-state index is 11.6. The first-order chi connectivity index (χ1) is 8.49. The van der Waals surface area contributed by atoms with Gasteiger partial charge < -0.3 is 10.6 Å². The Morgan fingerprint density at radius 1 is 1.39 bits per heavy atom. The van der Waals surface area contributed by atoms with E-state index >= 15 is 0 Å². The Morgan fingerprint density at radius 2 is 2.17 bits per heavy atom. The predicted octanol–water partition coefficient (Wildman–Crippen LogP) is 0.341. The molecule has 2 heterocycles. The third kappa shape index (κ3) is 2.97. The third-order valence-corrected chi connectivity index (χ3v) is 4.90. The van der Waals surface area contributed by atoms with E-state index in [1.807, 2.05) is 4.90 Å². The standard InChI is InChI=1S/C11H15N3O2S2/c12-11(17)9-2-3-13-8-10(9)14-4-1-6-18(15,16)7-5-14/h2-3,8H,1,4-7H2,(H2,12,17). The maximum atomic E-state index is 11.6. The topological polar surface area (TPSA) is 76.3 Å². The van der Waals surface area contributed by atoms with E-state index in [4.69, 9.17) is 18.0 Å². The van der Waals surface area contributed by atoms with Crippen molar-refractivity contribution >= 4 is 32.7 Å². The Kier molecular flexibility index (Phi) is 3.82. The van der Waals surface area contributed by atoms with Crippen LogP contribution >= 0.6 is 12.2 Å². The van der Waals surface area contributed by atoms with Crippen molar-refractivity contribution in [2.75, 3.05) is 29.5 Å². The molecule has 1 aliphatic rings. The molecular weight excluding hydrogens is 270 g/mol. The second-order valence-corrected chi connectivity index (χ2v) is 6.99. The fourth-order valence-electron chi connectivity index (χ4n) is 2.03. The summed E-state index contributed by atoms with van der Waals surface area (Å²) in [5.41, 5.74) is 7.24. The number of hydrogen-bond donors (Lipinski definition) is 1. The van der Waals surface area contributed by atoms with Crippen LogP contribution in [0.2, 0.25) is 0 Å². The number of aromatic nitrogens is 1. The molecule has 0 aliphatic carbocycles. The Balaban J connectivity index is 2.29. The number of thiocarbonyl (C=S) groups is 1. The first kappa shape index (κ1) is 13.2. The van der Waals surface area contributed by atoms with Crippen molar-refractivity contribution in [2.45, 2.75) is 6.42 Å². The maximum Gasteiger partial charge on any atom is 0.152 e. The van der Waals surface area contributed by atoms with E-state index < -0.39 is 9.84 Å². The lowest BCUT2D eigenvalue weighted by atomic mass is 10.2. The average molecular weight is 285 g/mol. The molecule has 0 aromatic carbocycles. The van der Waals surface area contributed by atoms with Crippen molar-refractivity contribution in [2.24, 2.45) is 5.73 Å². The fraction of sp³-hybridized carbons (Fsp3) is 0.455. The Morgan fingerprint density at radius 3 is 2.89 bits per heavy atom. The Bertz CT molecular complexity index is 557. The molecule has 0 unspecified atom stereocenters. The van der Waals surface area contributed by atoms with Crippen molar-refractivity contribution < 1.29 is 8.42 Å². The van der Waals surface area contributed by atoms with Gasteiger partial charge in [-0.2, -0.15) is 0 Å². The normalized spacial score (nSPS) is 19.2. The van der Waals surface area contributed by atoms with Crippen LogP contribution in [-0.2, 0) is 9.84 Å². The molecule has 1 aromatic heterocycles. The molecule has 0 spiro atoms. The van der Waals surface area contributed by atoms with Gasteiger partial charge in [-0.15, -0.1) is 0 Å².